The maximum atomic E-state index is 13.4. The molecule has 0 saturated heterocycles. The summed E-state index contributed by atoms with van der Waals surface area (Å²) in [5.41, 5.74) is 5.64. The molecule has 0 bridgehead atoms. The van der Waals surface area contributed by atoms with E-state index in [4.69, 9.17) is 21.8 Å². The number of aromatic nitrogens is 2. The van der Waals surface area contributed by atoms with Crippen LogP contribution in [0, 0.1) is 5.92 Å². The Morgan fingerprint density at radius 1 is 1.19 bits per heavy atom. The van der Waals surface area contributed by atoms with Gasteiger partial charge in [0.2, 0.25) is 0 Å². The number of nitrogens with zero attached hydrogens (tertiary/aromatic N) is 2. The number of amides is 1. The van der Waals surface area contributed by atoms with E-state index in [-0.39, 0.29) is 29.7 Å². The van der Waals surface area contributed by atoms with Crippen molar-refractivity contribution in [3.63, 3.8) is 0 Å². The number of hydrogen-bond acceptors (Lipinski definition) is 5. The number of anilines is 2. The highest BCUT2D eigenvalue weighted by atomic mass is 35.5. The third kappa shape index (κ3) is 4.96. The van der Waals surface area contributed by atoms with Crippen LogP contribution in [0.15, 0.2) is 50.4 Å². The molecule has 170 valence electrons. The number of nitrogens with one attached hydrogen (secondary N) is 1. The van der Waals surface area contributed by atoms with E-state index in [9.17, 15) is 14.4 Å². The number of halogens is 1. The Hall–Kier alpha value is -3.26. The fourth-order valence-corrected chi connectivity index (χ4v) is 3.50. The summed E-state index contributed by atoms with van der Waals surface area (Å²) in [5, 5.41) is 0.591. The Kier molecular flexibility index (Phi) is 7.25. The summed E-state index contributed by atoms with van der Waals surface area (Å²) < 4.78 is 7.08. The molecule has 0 unspecified atom stereocenters. The van der Waals surface area contributed by atoms with Gasteiger partial charge in [-0.25, -0.2) is 4.79 Å². The van der Waals surface area contributed by atoms with E-state index in [1.165, 1.54) is 9.47 Å². The molecule has 1 aromatic carbocycles. The molecule has 1 amide bonds. The quantitative estimate of drug-likeness (QED) is 0.526. The van der Waals surface area contributed by atoms with Crippen molar-refractivity contribution in [2.75, 3.05) is 17.2 Å². The first-order chi connectivity index (χ1) is 15.2. The summed E-state index contributed by atoms with van der Waals surface area (Å²) in [6.07, 6.45) is 1.43. The number of benzene rings is 1. The fraction of sp³-hybridized carbons (Fsp3) is 0.348. The van der Waals surface area contributed by atoms with Crippen LogP contribution < -0.4 is 21.9 Å². The molecule has 0 fully saturated rings. The average molecular weight is 459 g/mol. The predicted octanol–water partition coefficient (Wildman–Crippen LogP) is 4.14. The lowest BCUT2D eigenvalue weighted by atomic mass is 10.2. The van der Waals surface area contributed by atoms with Gasteiger partial charge in [-0.3, -0.25) is 24.0 Å². The molecule has 9 heteroatoms. The van der Waals surface area contributed by atoms with Gasteiger partial charge in [-0.15, -0.1) is 0 Å². The SMILES string of the molecule is CCCCN(C(=O)c1ccc(-c2ccc(Cl)cc2)o1)c1c(N)n(CC(C)C)c(=O)[nH]c1=O. The van der Waals surface area contributed by atoms with Crippen LogP contribution in [0.5, 0.6) is 0 Å². The van der Waals surface area contributed by atoms with E-state index < -0.39 is 17.2 Å². The molecule has 3 rings (SSSR count). The molecule has 0 atom stereocenters. The monoisotopic (exact) mass is 458 g/mol. The second-order valence-corrected chi connectivity index (χ2v) is 8.42. The molecule has 8 nitrogen and oxygen atoms in total. The predicted molar refractivity (Wildman–Crippen MR) is 126 cm³/mol. The highest BCUT2D eigenvalue weighted by Gasteiger charge is 2.27. The smallest absolute Gasteiger partial charge is 0.330 e. The molecule has 0 aliphatic heterocycles. The van der Waals surface area contributed by atoms with Crippen molar-refractivity contribution in [2.45, 2.75) is 40.2 Å². The molecule has 32 heavy (non-hydrogen) atoms. The third-order valence-corrected chi connectivity index (χ3v) is 5.21. The number of nitrogens with two attached hydrogens (primary N) is 1. The molecule has 0 spiro atoms. The number of unbranched alkanes of at least 4 members (excludes halogenated alkanes) is 1. The van der Waals surface area contributed by atoms with E-state index in [0.717, 1.165) is 12.0 Å². The lowest BCUT2D eigenvalue weighted by Gasteiger charge is -2.24. The summed E-state index contributed by atoms with van der Waals surface area (Å²) in [6.45, 7) is 6.39. The Bertz CT molecular complexity index is 1210. The Morgan fingerprint density at radius 2 is 1.88 bits per heavy atom. The summed E-state index contributed by atoms with van der Waals surface area (Å²) >= 11 is 5.94. The van der Waals surface area contributed by atoms with Crippen molar-refractivity contribution < 1.29 is 9.21 Å². The Morgan fingerprint density at radius 3 is 2.50 bits per heavy atom. The molecule has 0 aliphatic carbocycles. The van der Waals surface area contributed by atoms with Gasteiger partial charge in [0.25, 0.3) is 11.5 Å². The molecule has 3 N–H and O–H groups in total. The van der Waals surface area contributed by atoms with Crippen LogP contribution in [0.4, 0.5) is 11.5 Å². The van der Waals surface area contributed by atoms with Crippen molar-refractivity contribution in [2.24, 2.45) is 5.92 Å². The highest BCUT2D eigenvalue weighted by molar-refractivity contribution is 6.30. The van der Waals surface area contributed by atoms with E-state index >= 15 is 0 Å². The number of nitrogen functional groups attached to an aromatic ring is 1. The second kappa shape index (κ2) is 9.91. The van der Waals surface area contributed by atoms with Gasteiger partial charge < -0.3 is 10.2 Å². The van der Waals surface area contributed by atoms with Crippen LogP contribution in [0.3, 0.4) is 0 Å². The van der Waals surface area contributed by atoms with Crippen LogP contribution in [0.1, 0.15) is 44.2 Å². The number of aromatic amines is 1. The van der Waals surface area contributed by atoms with E-state index in [0.29, 0.717) is 23.7 Å². The maximum Gasteiger partial charge on any atom is 0.330 e. The zero-order valence-electron chi connectivity index (χ0n) is 18.4. The van der Waals surface area contributed by atoms with Gasteiger partial charge in [0.05, 0.1) is 0 Å². The van der Waals surface area contributed by atoms with Crippen molar-refractivity contribution >= 4 is 29.0 Å². The number of furan rings is 1. The van der Waals surface area contributed by atoms with Gasteiger partial charge >= 0.3 is 5.69 Å². The van der Waals surface area contributed by atoms with E-state index in [1.807, 2.05) is 20.8 Å². The molecule has 0 aliphatic rings. The number of H-pyrrole nitrogens is 1. The maximum absolute atomic E-state index is 13.4. The first-order valence-electron chi connectivity index (χ1n) is 10.5. The van der Waals surface area contributed by atoms with Gasteiger partial charge in [0, 0.05) is 23.7 Å². The number of rotatable bonds is 8. The average Bonchev–Trinajstić information content (AvgIpc) is 3.23. The summed E-state index contributed by atoms with van der Waals surface area (Å²) in [4.78, 5) is 42.0. The summed E-state index contributed by atoms with van der Waals surface area (Å²) in [7, 11) is 0. The van der Waals surface area contributed by atoms with Crippen LogP contribution in [0.25, 0.3) is 11.3 Å². The Labute approximate surface area is 190 Å². The number of carbonyl (C=O) groups excluding carboxylic acids is 1. The van der Waals surface area contributed by atoms with Crippen LogP contribution >= 0.6 is 11.6 Å². The van der Waals surface area contributed by atoms with E-state index in [1.54, 1.807) is 36.4 Å². The molecule has 3 aromatic rings. The van der Waals surface area contributed by atoms with Crippen molar-refractivity contribution in [3.8, 4) is 11.3 Å². The van der Waals surface area contributed by atoms with Crippen molar-refractivity contribution in [1.82, 2.24) is 9.55 Å². The fourth-order valence-electron chi connectivity index (χ4n) is 3.37. The molecular weight excluding hydrogens is 432 g/mol. The van der Waals surface area contributed by atoms with Gasteiger partial charge in [-0.2, -0.15) is 0 Å². The van der Waals surface area contributed by atoms with Gasteiger partial charge in [0.1, 0.15) is 11.6 Å². The summed E-state index contributed by atoms with van der Waals surface area (Å²) in [6, 6.07) is 10.3. The normalized spacial score (nSPS) is 11.2. The van der Waals surface area contributed by atoms with Crippen LogP contribution in [-0.2, 0) is 6.54 Å². The molecule has 0 saturated carbocycles. The number of carbonyl (C=O) groups is 1. The van der Waals surface area contributed by atoms with Gasteiger partial charge in [-0.1, -0.05) is 38.8 Å². The standard InChI is InChI=1S/C23H27ClN4O4/c1-4-5-12-27(19-20(25)28(13-14(2)3)23(31)26-21(19)29)22(30)18-11-10-17(32-18)15-6-8-16(24)9-7-15/h6-11,14H,4-5,12-13,25H2,1-3H3,(H,26,29,31). The molecule has 2 heterocycles. The lowest BCUT2D eigenvalue weighted by molar-refractivity contribution is 0.0960. The minimum atomic E-state index is -0.707. The van der Waals surface area contributed by atoms with Gasteiger partial charge in [-0.05, 0) is 48.7 Å². The van der Waals surface area contributed by atoms with Crippen LogP contribution in [-0.4, -0.2) is 22.0 Å². The second-order valence-electron chi connectivity index (χ2n) is 7.98. The largest absolute Gasteiger partial charge is 0.451 e. The zero-order valence-corrected chi connectivity index (χ0v) is 19.1. The first-order valence-corrected chi connectivity index (χ1v) is 10.9. The molecular formula is C23H27ClN4O4. The first kappa shape index (κ1) is 23.4. The summed E-state index contributed by atoms with van der Waals surface area (Å²) in [5.74, 6) is 0.117. The minimum absolute atomic E-state index is 0.0404. The van der Waals surface area contributed by atoms with E-state index in [2.05, 4.69) is 4.98 Å². The lowest BCUT2D eigenvalue weighted by Crippen LogP contribution is -2.42. The molecule has 2 aromatic heterocycles. The van der Waals surface area contributed by atoms with Crippen LogP contribution in [0.2, 0.25) is 5.02 Å². The number of hydrogen-bond donors (Lipinski definition) is 2. The van der Waals surface area contributed by atoms with Crippen molar-refractivity contribution in [3.05, 3.63) is 68.0 Å². The zero-order chi connectivity index (χ0) is 23.4. The minimum Gasteiger partial charge on any atom is -0.451 e. The topological polar surface area (TPSA) is 114 Å². The van der Waals surface area contributed by atoms with Gasteiger partial charge in [0.15, 0.2) is 11.4 Å². The molecule has 0 radical (unpaired) electrons. The Balaban J connectivity index is 2.04. The highest BCUT2D eigenvalue weighted by Crippen LogP contribution is 2.26. The third-order valence-electron chi connectivity index (χ3n) is 4.96. The van der Waals surface area contributed by atoms with Crippen molar-refractivity contribution in [1.29, 1.82) is 0 Å².